The minimum absolute atomic E-state index is 0.0866. The van der Waals surface area contributed by atoms with E-state index in [1.807, 2.05) is 0 Å². The van der Waals surface area contributed by atoms with Crippen molar-refractivity contribution in [3.05, 3.63) is 0 Å². The lowest BCUT2D eigenvalue weighted by molar-refractivity contribution is 0.411. The fraction of sp³-hybridized carbons (Fsp3) is 0.875. The molecule has 1 saturated carbocycles. The first-order valence-electron chi connectivity index (χ1n) is 5.09. The average Bonchev–Trinajstić information content (AvgIpc) is 2.57. The predicted octanol–water partition coefficient (Wildman–Crippen LogP) is 0.311. The zero-order valence-corrected chi connectivity index (χ0v) is 11.6. The largest absolute Gasteiger partial charge is 0.285 e. The maximum absolute atomic E-state index is 11.3. The molecule has 98 valence electrons. The first kappa shape index (κ1) is 13.3. The van der Waals surface area contributed by atoms with Crippen molar-refractivity contribution in [3.63, 3.8) is 0 Å². The third kappa shape index (κ3) is 2.83. The highest BCUT2D eigenvalue weighted by atomic mass is 32.3. The van der Waals surface area contributed by atoms with E-state index < -0.39 is 25.2 Å². The highest BCUT2D eigenvalue weighted by Gasteiger charge is 2.42. The first-order valence-corrected chi connectivity index (χ1v) is 9.36. The van der Waals surface area contributed by atoms with E-state index in [0.29, 0.717) is 12.8 Å². The van der Waals surface area contributed by atoms with Gasteiger partial charge in [0.1, 0.15) is 0 Å². The number of sulfone groups is 1. The quantitative estimate of drug-likeness (QED) is 0.699. The van der Waals surface area contributed by atoms with Gasteiger partial charge in [0.2, 0.25) is 0 Å². The molecule has 2 aliphatic rings. The molecule has 9 heteroatoms. The molecule has 0 amide bonds. The van der Waals surface area contributed by atoms with Gasteiger partial charge in [-0.15, -0.1) is 0 Å². The third-order valence-corrected chi connectivity index (χ3v) is 7.29. The summed E-state index contributed by atoms with van der Waals surface area (Å²) in [7, 11) is -7.34. The first-order chi connectivity index (χ1) is 7.68. The Kier molecular flexibility index (Phi) is 3.30. The molecule has 1 fully saturated rings. The van der Waals surface area contributed by atoms with Crippen LogP contribution in [0.4, 0.5) is 0 Å². The van der Waals surface area contributed by atoms with Crippen molar-refractivity contribution < 1.29 is 21.4 Å². The number of hydrogen-bond donors (Lipinski definition) is 1. The molecule has 2 rings (SSSR count). The summed E-state index contributed by atoms with van der Waals surface area (Å²) in [5.41, 5.74) is 0. The number of aliphatic imine (C=N–C) groups is 1. The van der Waals surface area contributed by atoms with Crippen LogP contribution in [0.3, 0.4) is 0 Å². The molecule has 6 nitrogen and oxygen atoms in total. The van der Waals surface area contributed by atoms with Gasteiger partial charge in [0.25, 0.3) is 10.1 Å². The SMILES string of the molecule is CS(=O)(=O)C1=NC2CCC(S(=O)(=O)O)CC2S1. The number of rotatable bonds is 1. The van der Waals surface area contributed by atoms with Gasteiger partial charge in [-0.25, -0.2) is 8.42 Å². The minimum atomic E-state index is -4.03. The normalized spacial score (nSPS) is 34.2. The van der Waals surface area contributed by atoms with Crippen molar-refractivity contribution in [1.82, 2.24) is 0 Å². The maximum Gasteiger partial charge on any atom is 0.267 e. The van der Waals surface area contributed by atoms with Gasteiger partial charge in [0, 0.05) is 11.5 Å². The van der Waals surface area contributed by atoms with Crippen LogP contribution in [0.5, 0.6) is 0 Å². The molecule has 1 aliphatic heterocycles. The molecule has 0 aromatic heterocycles. The number of hydrogen-bond acceptors (Lipinski definition) is 6. The lowest BCUT2D eigenvalue weighted by Crippen LogP contribution is -2.35. The second-order valence-corrected chi connectivity index (χ2v) is 9.45. The van der Waals surface area contributed by atoms with Gasteiger partial charge in [-0.3, -0.25) is 9.55 Å². The summed E-state index contributed by atoms with van der Waals surface area (Å²) >= 11 is 1.11. The maximum atomic E-state index is 11.3. The van der Waals surface area contributed by atoms with Crippen molar-refractivity contribution >= 4 is 36.1 Å². The summed E-state index contributed by atoms with van der Waals surface area (Å²) in [5.74, 6) is 0. The van der Waals surface area contributed by atoms with Crippen LogP contribution in [-0.2, 0) is 20.0 Å². The Hall–Kier alpha value is -0.120. The predicted molar refractivity (Wildman–Crippen MR) is 66.6 cm³/mol. The fourth-order valence-electron chi connectivity index (χ4n) is 2.10. The Balaban J connectivity index is 2.15. The van der Waals surface area contributed by atoms with Crippen LogP contribution in [-0.4, -0.2) is 48.6 Å². The lowest BCUT2D eigenvalue weighted by Gasteiger charge is -2.27. The van der Waals surface area contributed by atoms with Crippen LogP contribution in [0, 0.1) is 0 Å². The molecular weight excluding hydrogens is 286 g/mol. The van der Waals surface area contributed by atoms with Crippen LogP contribution in [0.25, 0.3) is 0 Å². The molecular formula is C8H13NO5S3. The highest BCUT2D eigenvalue weighted by molar-refractivity contribution is 8.35. The molecule has 0 saturated heterocycles. The van der Waals surface area contributed by atoms with Gasteiger partial charge >= 0.3 is 0 Å². The van der Waals surface area contributed by atoms with E-state index in [4.69, 9.17) is 4.55 Å². The molecule has 1 aliphatic carbocycles. The number of thioether (sulfide) groups is 1. The summed E-state index contributed by atoms with van der Waals surface area (Å²) in [6.45, 7) is 0. The Labute approximate surface area is 105 Å². The Morgan fingerprint density at radius 3 is 2.47 bits per heavy atom. The molecule has 1 heterocycles. The summed E-state index contributed by atoms with van der Waals surface area (Å²) < 4.78 is 53.8. The minimum Gasteiger partial charge on any atom is -0.285 e. The van der Waals surface area contributed by atoms with Crippen LogP contribution < -0.4 is 0 Å². The van der Waals surface area contributed by atoms with Crippen molar-refractivity contribution in [3.8, 4) is 0 Å². The van der Waals surface area contributed by atoms with Crippen LogP contribution in [0.1, 0.15) is 19.3 Å². The molecule has 17 heavy (non-hydrogen) atoms. The topological polar surface area (TPSA) is 101 Å². The van der Waals surface area contributed by atoms with Crippen LogP contribution >= 0.6 is 11.8 Å². The van der Waals surface area contributed by atoms with Crippen molar-refractivity contribution in [2.24, 2.45) is 4.99 Å². The summed E-state index contributed by atoms with van der Waals surface area (Å²) in [4.78, 5) is 4.11. The second kappa shape index (κ2) is 4.22. The Bertz CT molecular complexity index is 550. The highest BCUT2D eigenvalue weighted by Crippen LogP contribution is 2.40. The molecule has 3 atom stereocenters. The zero-order valence-electron chi connectivity index (χ0n) is 9.11. The molecule has 0 spiro atoms. The molecule has 1 N–H and O–H groups in total. The van der Waals surface area contributed by atoms with Gasteiger partial charge in [0.05, 0.1) is 11.3 Å². The van der Waals surface area contributed by atoms with E-state index >= 15 is 0 Å². The zero-order chi connectivity index (χ0) is 12.8. The number of fused-ring (bicyclic) bond motifs is 1. The standard InChI is InChI=1S/C8H13NO5S3/c1-16(10,11)8-9-6-3-2-5(17(12,13)14)4-7(6)15-8/h5-7H,2-4H2,1H3,(H,12,13,14). The smallest absolute Gasteiger partial charge is 0.267 e. The van der Waals surface area contributed by atoms with E-state index in [-0.39, 0.29) is 22.1 Å². The summed E-state index contributed by atoms with van der Waals surface area (Å²) in [5, 5.41) is -0.939. The van der Waals surface area contributed by atoms with Gasteiger partial charge < -0.3 is 0 Å². The Morgan fingerprint density at radius 1 is 1.29 bits per heavy atom. The molecule has 0 aromatic carbocycles. The molecule has 0 bridgehead atoms. The monoisotopic (exact) mass is 299 g/mol. The lowest BCUT2D eigenvalue weighted by atomic mass is 9.95. The van der Waals surface area contributed by atoms with E-state index in [1.54, 1.807) is 0 Å². The van der Waals surface area contributed by atoms with E-state index in [9.17, 15) is 16.8 Å². The van der Waals surface area contributed by atoms with Crippen molar-refractivity contribution in [1.29, 1.82) is 0 Å². The molecule has 3 unspecified atom stereocenters. The third-order valence-electron chi connectivity index (χ3n) is 2.97. The van der Waals surface area contributed by atoms with E-state index in [2.05, 4.69) is 4.99 Å². The van der Waals surface area contributed by atoms with Crippen molar-refractivity contribution in [2.75, 3.05) is 6.26 Å². The second-order valence-electron chi connectivity index (χ2n) is 4.34. The number of nitrogens with zero attached hydrogens (tertiary/aromatic N) is 1. The van der Waals surface area contributed by atoms with Crippen LogP contribution in [0.15, 0.2) is 4.99 Å². The van der Waals surface area contributed by atoms with Crippen LogP contribution in [0.2, 0.25) is 0 Å². The summed E-state index contributed by atoms with van der Waals surface area (Å²) in [6, 6.07) is -0.136. The average molecular weight is 299 g/mol. The van der Waals surface area contributed by atoms with Crippen molar-refractivity contribution in [2.45, 2.75) is 35.8 Å². The van der Waals surface area contributed by atoms with Gasteiger partial charge in [-0.05, 0) is 19.3 Å². The Morgan fingerprint density at radius 2 is 1.94 bits per heavy atom. The summed E-state index contributed by atoms with van der Waals surface area (Å²) in [6.07, 6.45) is 2.19. The van der Waals surface area contributed by atoms with Gasteiger partial charge in [-0.1, -0.05) is 11.8 Å². The van der Waals surface area contributed by atoms with E-state index in [0.717, 1.165) is 18.0 Å². The fourth-order valence-corrected chi connectivity index (χ4v) is 5.64. The molecule has 0 aromatic rings. The van der Waals surface area contributed by atoms with Gasteiger partial charge in [-0.2, -0.15) is 8.42 Å². The van der Waals surface area contributed by atoms with E-state index in [1.165, 1.54) is 0 Å². The van der Waals surface area contributed by atoms with Gasteiger partial charge in [0.15, 0.2) is 14.2 Å². The molecule has 0 radical (unpaired) electrons.